The molecular weight excluding hydrogens is 130 g/mol. The van der Waals surface area contributed by atoms with Gasteiger partial charge in [0.15, 0.2) is 0 Å². The van der Waals surface area contributed by atoms with Gasteiger partial charge >= 0.3 is 0 Å². The van der Waals surface area contributed by atoms with Crippen LogP contribution in [0.2, 0.25) is 0 Å². The van der Waals surface area contributed by atoms with E-state index in [2.05, 4.69) is 10.6 Å². The Morgan fingerprint density at radius 3 is 3.00 bits per heavy atom. The summed E-state index contributed by atoms with van der Waals surface area (Å²) in [5.74, 6) is 0.0849. The average molecular weight is 143 g/mol. The summed E-state index contributed by atoms with van der Waals surface area (Å²) >= 11 is 0. The van der Waals surface area contributed by atoms with Gasteiger partial charge in [0.2, 0.25) is 5.91 Å². The van der Waals surface area contributed by atoms with E-state index in [1.165, 1.54) is 0 Å². The summed E-state index contributed by atoms with van der Waals surface area (Å²) in [6, 6.07) is 0.252. The molecule has 0 radical (unpaired) electrons. The molecule has 1 rings (SSSR count). The number of hydrogen-bond donors (Lipinski definition) is 3. The van der Waals surface area contributed by atoms with Gasteiger partial charge in [-0.3, -0.25) is 10.1 Å². The third-order valence-corrected chi connectivity index (χ3v) is 1.55. The number of nitrogens with one attached hydrogen (secondary N) is 2. The largest absolute Gasteiger partial charge is 0.339 e. The van der Waals surface area contributed by atoms with Gasteiger partial charge in [0, 0.05) is 19.0 Å². The Kier molecular flexibility index (Phi) is 2.24. The number of carbonyl (C=O) groups excluding carboxylic acids is 1. The van der Waals surface area contributed by atoms with Crippen LogP contribution in [0.15, 0.2) is 0 Å². The number of nitrogens with two attached hydrogens (primary N) is 1. The van der Waals surface area contributed by atoms with Gasteiger partial charge in [0.05, 0.1) is 6.17 Å². The Morgan fingerprint density at radius 1 is 1.80 bits per heavy atom. The Labute approximate surface area is 60.2 Å². The van der Waals surface area contributed by atoms with Gasteiger partial charge < -0.3 is 11.1 Å². The molecular formula is C6H13N3O. The molecule has 0 bridgehead atoms. The lowest BCUT2D eigenvalue weighted by molar-refractivity contribution is -0.124. The Morgan fingerprint density at radius 2 is 2.50 bits per heavy atom. The molecule has 1 amide bonds. The van der Waals surface area contributed by atoms with E-state index >= 15 is 0 Å². The molecule has 1 fully saturated rings. The van der Waals surface area contributed by atoms with Gasteiger partial charge in [-0.05, 0) is 6.92 Å². The topological polar surface area (TPSA) is 67.2 Å². The number of carbonyl (C=O) groups is 1. The van der Waals surface area contributed by atoms with Crippen molar-refractivity contribution in [3.63, 3.8) is 0 Å². The molecule has 58 valence electrons. The molecule has 0 aromatic heterocycles. The van der Waals surface area contributed by atoms with Crippen molar-refractivity contribution in [2.75, 3.05) is 6.54 Å². The first-order valence-corrected chi connectivity index (χ1v) is 3.48. The molecule has 1 aliphatic rings. The molecule has 1 saturated heterocycles. The lowest BCUT2D eigenvalue weighted by atomic mass is 10.1. The first-order valence-electron chi connectivity index (χ1n) is 3.48. The van der Waals surface area contributed by atoms with Gasteiger partial charge in [-0.1, -0.05) is 0 Å². The lowest BCUT2D eigenvalue weighted by Gasteiger charge is -2.28. The monoisotopic (exact) mass is 143 g/mol. The summed E-state index contributed by atoms with van der Waals surface area (Å²) in [6.07, 6.45) is 0.521. The van der Waals surface area contributed by atoms with Crippen LogP contribution in [0.1, 0.15) is 13.3 Å². The second kappa shape index (κ2) is 2.98. The highest BCUT2D eigenvalue weighted by atomic mass is 16.2. The average Bonchev–Trinajstić information content (AvgIpc) is 1.85. The van der Waals surface area contributed by atoms with E-state index in [1.54, 1.807) is 0 Å². The lowest BCUT2D eigenvalue weighted by Crippen LogP contribution is -2.58. The van der Waals surface area contributed by atoms with Crippen LogP contribution in [-0.4, -0.2) is 24.7 Å². The van der Waals surface area contributed by atoms with E-state index in [4.69, 9.17) is 5.73 Å². The maximum absolute atomic E-state index is 10.8. The molecule has 0 aliphatic carbocycles. The zero-order valence-corrected chi connectivity index (χ0v) is 6.05. The van der Waals surface area contributed by atoms with Gasteiger partial charge in [-0.15, -0.1) is 0 Å². The minimum Gasteiger partial charge on any atom is -0.339 e. The fraction of sp³-hybridized carbons (Fsp3) is 0.833. The van der Waals surface area contributed by atoms with Crippen LogP contribution in [-0.2, 0) is 4.79 Å². The zero-order chi connectivity index (χ0) is 7.56. The first kappa shape index (κ1) is 7.50. The molecule has 4 N–H and O–H groups in total. The SMILES string of the molecule is CC1CC(=O)NC(CN)N1. The van der Waals surface area contributed by atoms with Crippen LogP contribution in [0, 0.1) is 0 Å². The third-order valence-electron chi connectivity index (χ3n) is 1.55. The molecule has 1 heterocycles. The van der Waals surface area contributed by atoms with Crippen LogP contribution < -0.4 is 16.4 Å². The van der Waals surface area contributed by atoms with Crippen LogP contribution in [0.3, 0.4) is 0 Å². The van der Waals surface area contributed by atoms with Crippen LogP contribution in [0.5, 0.6) is 0 Å². The van der Waals surface area contributed by atoms with E-state index < -0.39 is 0 Å². The van der Waals surface area contributed by atoms with Crippen LogP contribution in [0.4, 0.5) is 0 Å². The van der Waals surface area contributed by atoms with Gasteiger partial charge in [-0.25, -0.2) is 0 Å². The second-order valence-electron chi connectivity index (χ2n) is 2.63. The number of amides is 1. The summed E-state index contributed by atoms with van der Waals surface area (Å²) in [5.41, 5.74) is 5.35. The van der Waals surface area contributed by atoms with Gasteiger partial charge in [0.25, 0.3) is 0 Å². The Balaban J connectivity index is 2.42. The quantitative estimate of drug-likeness (QED) is 0.430. The summed E-state index contributed by atoms with van der Waals surface area (Å²) in [7, 11) is 0. The van der Waals surface area contributed by atoms with Crippen molar-refractivity contribution in [2.24, 2.45) is 5.73 Å². The van der Waals surface area contributed by atoms with Crippen molar-refractivity contribution in [3.8, 4) is 0 Å². The number of hydrogen-bond acceptors (Lipinski definition) is 3. The fourth-order valence-electron chi connectivity index (χ4n) is 1.10. The highest BCUT2D eigenvalue weighted by Gasteiger charge is 2.20. The molecule has 0 saturated carbocycles. The van der Waals surface area contributed by atoms with Crippen LogP contribution >= 0.6 is 0 Å². The van der Waals surface area contributed by atoms with Crippen molar-refractivity contribution in [2.45, 2.75) is 25.6 Å². The molecule has 0 aromatic carbocycles. The summed E-state index contributed by atoms with van der Waals surface area (Å²) in [6.45, 7) is 2.43. The predicted molar refractivity (Wildman–Crippen MR) is 38.2 cm³/mol. The minimum absolute atomic E-state index is 0.0313. The van der Waals surface area contributed by atoms with Crippen LogP contribution in [0.25, 0.3) is 0 Å². The minimum atomic E-state index is -0.0313. The summed E-state index contributed by atoms with van der Waals surface area (Å²) in [5, 5.41) is 5.86. The normalized spacial score (nSPS) is 33.6. The van der Waals surface area contributed by atoms with E-state index in [0.717, 1.165) is 0 Å². The molecule has 0 aromatic rings. The van der Waals surface area contributed by atoms with Gasteiger partial charge in [0.1, 0.15) is 0 Å². The maximum Gasteiger partial charge on any atom is 0.222 e. The standard InChI is InChI=1S/C6H13N3O/c1-4-2-6(10)9-5(3-7)8-4/h4-5,8H,2-3,7H2,1H3,(H,9,10). The van der Waals surface area contributed by atoms with E-state index in [-0.39, 0.29) is 18.1 Å². The molecule has 4 heteroatoms. The van der Waals surface area contributed by atoms with Crippen molar-refractivity contribution < 1.29 is 4.79 Å². The van der Waals surface area contributed by atoms with E-state index in [9.17, 15) is 4.79 Å². The van der Waals surface area contributed by atoms with Crippen molar-refractivity contribution >= 4 is 5.91 Å². The third kappa shape index (κ3) is 1.68. The molecule has 0 spiro atoms. The second-order valence-corrected chi connectivity index (χ2v) is 2.63. The maximum atomic E-state index is 10.8. The summed E-state index contributed by atoms with van der Waals surface area (Å²) in [4.78, 5) is 10.8. The smallest absolute Gasteiger partial charge is 0.222 e. The van der Waals surface area contributed by atoms with Crippen molar-refractivity contribution in [1.82, 2.24) is 10.6 Å². The molecule has 2 unspecified atom stereocenters. The Bertz CT molecular complexity index is 137. The highest BCUT2D eigenvalue weighted by Crippen LogP contribution is 1.97. The molecule has 2 atom stereocenters. The first-order chi connectivity index (χ1) is 4.72. The predicted octanol–water partition coefficient (Wildman–Crippen LogP) is -1.23. The molecule has 1 aliphatic heterocycles. The van der Waals surface area contributed by atoms with E-state index in [0.29, 0.717) is 13.0 Å². The Hall–Kier alpha value is -0.610. The highest BCUT2D eigenvalue weighted by molar-refractivity contribution is 5.77. The summed E-state index contributed by atoms with van der Waals surface area (Å²) < 4.78 is 0. The molecule has 4 nitrogen and oxygen atoms in total. The van der Waals surface area contributed by atoms with Crippen molar-refractivity contribution in [1.29, 1.82) is 0 Å². The fourth-order valence-corrected chi connectivity index (χ4v) is 1.10. The van der Waals surface area contributed by atoms with Crippen molar-refractivity contribution in [3.05, 3.63) is 0 Å². The van der Waals surface area contributed by atoms with Gasteiger partial charge in [-0.2, -0.15) is 0 Å². The molecule has 10 heavy (non-hydrogen) atoms. The van der Waals surface area contributed by atoms with E-state index in [1.807, 2.05) is 6.92 Å². The number of rotatable bonds is 1. The zero-order valence-electron chi connectivity index (χ0n) is 6.05.